The second kappa shape index (κ2) is 10.4. The summed E-state index contributed by atoms with van der Waals surface area (Å²) in [5, 5.41) is 17.7. The fourth-order valence-corrected chi connectivity index (χ4v) is 4.33. The molecule has 0 amide bonds. The summed E-state index contributed by atoms with van der Waals surface area (Å²) in [5.74, 6) is 2.97. The Morgan fingerprint density at radius 3 is 2.92 bits per heavy atom. The Morgan fingerprint density at radius 2 is 2.20 bits per heavy atom. The summed E-state index contributed by atoms with van der Waals surface area (Å²) in [7, 11) is 1.62. The Hall–Kier alpha value is -1.56. The Bertz CT molecular complexity index is 564. The number of aromatic hydroxyl groups is 1. The summed E-state index contributed by atoms with van der Waals surface area (Å²) in [6.45, 7) is 5.53. The maximum atomic E-state index is 10.0. The van der Waals surface area contributed by atoms with Gasteiger partial charge in [-0.3, -0.25) is 0 Å². The van der Waals surface area contributed by atoms with Crippen molar-refractivity contribution >= 4 is 17.7 Å². The number of benzene rings is 1. The van der Waals surface area contributed by atoms with Gasteiger partial charge in [0, 0.05) is 23.4 Å². The lowest BCUT2D eigenvalue weighted by molar-refractivity contribution is 0.410. The fraction of sp³-hybridized carbons (Fsp3) is 0.632. The van der Waals surface area contributed by atoms with Crippen molar-refractivity contribution in [1.82, 2.24) is 10.6 Å². The Labute approximate surface area is 155 Å². The number of nitrogens with zero attached hydrogens (tertiary/aromatic N) is 1. The van der Waals surface area contributed by atoms with Gasteiger partial charge in [0.2, 0.25) is 0 Å². The van der Waals surface area contributed by atoms with E-state index in [-0.39, 0.29) is 5.75 Å². The van der Waals surface area contributed by atoms with Crippen molar-refractivity contribution in [3.8, 4) is 11.5 Å². The van der Waals surface area contributed by atoms with Gasteiger partial charge in [-0.25, -0.2) is 4.99 Å². The molecular weight excluding hydrogens is 334 g/mol. The number of nitrogens with one attached hydrogen (secondary N) is 2. The first kappa shape index (κ1) is 19.8. The van der Waals surface area contributed by atoms with Crippen molar-refractivity contribution in [2.45, 2.75) is 57.4 Å². The largest absolute Gasteiger partial charge is 0.508 e. The predicted octanol–water partition coefficient (Wildman–Crippen LogP) is 3.52. The molecule has 2 atom stereocenters. The number of methoxy groups -OCH3 is 1. The van der Waals surface area contributed by atoms with Crippen molar-refractivity contribution in [2.75, 3.05) is 19.4 Å². The van der Waals surface area contributed by atoms with Crippen LogP contribution in [0.2, 0.25) is 0 Å². The quantitative estimate of drug-likeness (QED) is 0.510. The highest BCUT2D eigenvalue weighted by Gasteiger charge is 2.22. The van der Waals surface area contributed by atoms with Crippen LogP contribution in [0, 0.1) is 0 Å². The van der Waals surface area contributed by atoms with Crippen LogP contribution >= 0.6 is 11.8 Å². The van der Waals surface area contributed by atoms with E-state index in [9.17, 15) is 5.11 Å². The van der Waals surface area contributed by atoms with E-state index in [0.717, 1.165) is 29.1 Å². The first-order chi connectivity index (χ1) is 12.2. The number of phenols is 1. The molecular formula is C19H31N3O2S. The van der Waals surface area contributed by atoms with Gasteiger partial charge in [-0.05, 0) is 50.1 Å². The van der Waals surface area contributed by atoms with Crippen LogP contribution in [0.3, 0.4) is 0 Å². The molecule has 1 saturated carbocycles. The molecule has 1 aromatic rings. The molecule has 2 rings (SSSR count). The first-order valence-corrected chi connectivity index (χ1v) is 10.2. The minimum atomic E-state index is 0.248. The second-order valence-corrected chi connectivity index (χ2v) is 7.85. The van der Waals surface area contributed by atoms with Gasteiger partial charge in [-0.2, -0.15) is 11.8 Å². The van der Waals surface area contributed by atoms with Crippen molar-refractivity contribution < 1.29 is 9.84 Å². The minimum absolute atomic E-state index is 0.248. The predicted molar refractivity (Wildman–Crippen MR) is 107 cm³/mol. The standard InChI is InChI=1S/C19H31N3O2S/c1-4-20-19(22-15-7-6-8-17(12-15)25-5-2)21-13-14-11-16(24-3)9-10-18(14)23/h9-11,15,17,23H,4-8,12-13H2,1-3H3,(H2,20,21,22). The number of aliphatic imine (C=N–C) groups is 1. The first-order valence-electron chi connectivity index (χ1n) is 9.18. The molecule has 0 aromatic heterocycles. The molecule has 1 fully saturated rings. The lowest BCUT2D eigenvalue weighted by atomic mass is 9.95. The smallest absolute Gasteiger partial charge is 0.191 e. The molecule has 0 radical (unpaired) electrons. The van der Waals surface area contributed by atoms with E-state index in [0.29, 0.717) is 12.6 Å². The third-order valence-corrected chi connectivity index (χ3v) is 5.64. The van der Waals surface area contributed by atoms with Gasteiger partial charge < -0.3 is 20.5 Å². The molecule has 5 nitrogen and oxygen atoms in total. The van der Waals surface area contributed by atoms with Gasteiger partial charge >= 0.3 is 0 Å². The molecule has 0 heterocycles. The molecule has 140 valence electrons. The summed E-state index contributed by atoms with van der Waals surface area (Å²) in [6.07, 6.45) is 4.97. The normalized spacial score (nSPS) is 21.0. The molecule has 1 aromatic carbocycles. The third kappa shape index (κ3) is 6.34. The van der Waals surface area contributed by atoms with Gasteiger partial charge in [0.15, 0.2) is 5.96 Å². The van der Waals surface area contributed by atoms with E-state index < -0.39 is 0 Å². The highest BCUT2D eigenvalue weighted by Crippen LogP contribution is 2.28. The van der Waals surface area contributed by atoms with Crippen molar-refractivity contribution in [3.63, 3.8) is 0 Å². The summed E-state index contributed by atoms with van der Waals surface area (Å²) < 4.78 is 5.23. The van der Waals surface area contributed by atoms with E-state index >= 15 is 0 Å². The van der Waals surface area contributed by atoms with Gasteiger partial charge in [0.25, 0.3) is 0 Å². The van der Waals surface area contributed by atoms with Gasteiger partial charge in [0.05, 0.1) is 13.7 Å². The molecule has 25 heavy (non-hydrogen) atoms. The van der Waals surface area contributed by atoms with E-state index in [4.69, 9.17) is 4.74 Å². The molecule has 6 heteroatoms. The zero-order chi connectivity index (χ0) is 18.1. The van der Waals surface area contributed by atoms with Crippen LogP contribution < -0.4 is 15.4 Å². The van der Waals surface area contributed by atoms with E-state index in [2.05, 4.69) is 41.2 Å². The third-order valence-electron chi connectivity index (χ3n) is 4.41. The minimum Gasteiger partial charge on any atom is -0.508 e. The number of hydrogen-bond acceptors (Lipinski definition) is 4. The van der Waals surface area contributed by atoms with Crippen molar-refractivity contribution in [2.24, 2.45) is 4.99 Å². The van der Waals surface area contributed by atoms with Crippen LogP contribution in [-0.4, -0.2) is 41.8 Å². The van der Waals surface area contributed by atoms with Crippen LogP contribution in [0.25, 0.3) is 0 Å². The zero-order valence-corrected chi connectivity index (χ0v) is 16.4. The van der Waals surface area contributed by atoms with Crippen LogP contribution in [0.1, 0.15) is 45.1 Å². The number of rotatable bonds is 7. The van der Waals surface area contributed by atoms with Crippen LogP contribution in [0.4, 0.5) is 0 Å². The van der Waals surface area contributed by atoms with E-state index in [1.807, 2.05) is 6.07 Å². The highest BCUT2D eigenvalue weighted by atomic mass is 32.2. The van der Waals surface area contributed by atoms with E-state index in [1.54, 1.807) is 19.2 Å². The molecule has 0 bridgehead atoms. The summed E-state index contributed by atoms with van der Waals surface area (Å²) in [4.78, 5) is 4.66. The fourth-order valence-electron chi connectivity index (χ4n) is 3.16. The zero-order valence-electron chi connectivity index (χ0n) is 15.5. The lowest BCUT2D eigenvalue weighted by Crippen LogP contribution is -2.45. The molecule has 0 saturated heterocycles. The monoisotopic (exact) mass is 365 g/mol. The molecule has 2 unspecified atom stereocenters. The second-order valence-electron chi connectivity index (χ2n) is 6.28. The van der Waals surface area contributed by atoms with E-state index in [1.165, 1.54) is 31.4 Å². The average Bonchev–Trinajstić information content (AvgIpc) is 2.61. The maximum absolute atomic E-state index is 10.0. The topological polar surface area (TPSA) is 65.9 Å². The molecule has 3 N–H and O–H groups in total. The average molecular weight is 366 g/mol. The molecule has 0 spiro atoms. The Kier molecular flexibility index (Phi) is 8.25. The highest BCUT2D eigenvalue weighted by molar-refractivity contribution is 7.99. The number of phenolic OH excluding ortho intramolecular Hbond substituents is 1. The SMILES string of the molecule is CCNC(=NCc1cc(OC)ccc1O)NC1CCCC(SCC)C1. The van der Waals surface area contributed by atoms with Crippen LogP contribution in [0.15, 0.2) is 23.2 Å². The van der Waals surface area contributed by atoms with Crippen LogP contribution in [0.5, 0.6) is 11.5 Å². The van der Waals surface area contributed by atoms with Gasteiger partial charge in [0.1, 0.15) is 11.5 Å². The lowest BCUT2D eigenvalue weighted by Gasteiger charge is -2.30. The number of guanidine groups is 1. The summed E-state index contributed by atoms with van der Waals surface area (Å²) in [6, 6.07) is 5.70. The number of thioether (sulfide) groups is 1. The van der Waals surface area contributed by atoms with Gasteiger partial charge in [-0.1, -0.05) is 13.3 Å². The van der Waals surface area contributed by atoms with Crippen molar-refractivity contribution in [3.05, 3.63) is 23.8 Å². The van der Waals surface area contributed by atoms with Crippen LogP contribution in [-0.2, 0) is 6.54 Å². The Balaban J connectivity index is 2.00. The molecule has 0 aliphatic heterocycles. The maximum Gasteiger partial charge on any atom is 0.191 e. The van der Waals surface area contributed by atoms with Crippen molar-refractivity contribution in [1.29, 1.82) is 0 Å². The van der Waals surface area contributed by atoms with Gasteiger partial charge in [-0.15, -0.1) is 0 Å². The summed E-state index contributed by atoms with van der Waals surface area (Å²) >= 11 is 2.07. The summed E-state index contributed by atoms with van der Waals surface area (Å²) in [5.41, 5.74) is 0.764. The number of ether oxygens (including phenoxy) is 1. The molecule has 1 aliphatic carbocycles. The Morgan fingerprint density at radius 1 is 1.36 bits per heavy atom. The number of hydrogen-bond donors (Lipinski definition) is 3. The molecule has 1 aliphatic rings.